The SMILES string of the molecule is c1ccc(CN2CC3CCCOC3c3ccccc32)cc1. The second-order valence-corrected chi connectivity index (χ2v) is 6.12. The molecule has 0 saturated carbocycles. The fourth-order valence-corrected chi connectivity index (χ4v) is 3.73. The quantitative estimate of drug-likeness (QED) is 0.818. The highest BCUT2D eigenvalue weighted by atomic mass is 16.5. The van der Waals surface area contributed by atoms with E-state index in [2.05, 4.69) is 59.5 Å². The minimum atomic E-state index is 0.307. The number of ether oxygens (including phenoxy) is 1. The van der Waals surface area contributed by atoms with Crippen molar-refractivity contribution < 1.29 is 4.74 Å². The average Bonchev–Trinajstić information content (AvgIpc) is 2.56. The largest absolute Gasteiger partial charge is 0.373 e. The second kappa shape index (κ2) is 5.53. The molecule has 0 radical (unpaired) electrons. The monoisotopic (exact) mass is 279 g/mol. The maximum absolute atomic E-state index is 6.08. The van der Waals surface area contributed by atoms with E-state index in [9.17, 15) is 0 Å². The predicted molar refractivity (Wildman–Crippen MR) is 85.4 cm³/mol. The molecule has 0 amide bonds. The molecule has 2 aliphatic rings. The number of rotatable bonds is 2. The molecule has 0 aromatic heterocycles. The topological polar surface area (TPSA) is 12.5 Å². The van der Waals surface area contributed by atoms with Crippen LogP contribution in [0.4, 0.5) is 5.69 Å². The smallest absolute Gasteiger partial charge is 0.0889 e. The van der Waals surface area contributed by atoms with Crippen LogP contribution in [0.3, 0.4) is 0 Å². The van der Waals surface area contributed by atoms with E-state index >= 15 is 0 Å². The standard InChI is InChI=1S/C19H21NO/c1-2-7-15(8-3-1)13-20-14-16-9-6-12-21-19(16)17-10-4-5-11-18(17)20/h1-5,7-8,10-11,16,19H,6,9,12-14H2. The fourth-order valence-electron chi connectivity index (χ4n) is 3.73. The first-order chi connectivity index (χ1) is 10.4. The van der Waals surface area contributed by atoms with Crippen molar-refractivity contribution in [2.24, 2.45) is 5.92 Å². The second-order valence-electron chi connectivity index (χ2n) is 6.12. The lowest BCUT2D eigenvalue weighted by Crippen LogP contribution is -2.40. The number of para-hydroxylation sites is 1. The molecule has 0 aliphatic carbocycles. The summed E-state index contributed by atoms with van der Waals surface area (Å²) in [7, 11) is 0. The number of hydrogen-bond donors (Lipinski definition) is 0. The summed E-state index contributed by atoms with van der Waals surface area (Å²) < 4.78 is 6.08. The summed E-state index contributed by atoms with van der Waals surface area (Å²) in [5, 5.41) is 0. The van der Waals surface area contributed by atoms with Crippen LogP contribution in [0, 0.1) is 5.92 Å². The van der Waals surface area contributed by atoms with Gasteiger partial charge in [0.15, 0.2) is 0 Å². The Morgan fingerprint density at radius 3 is 2.71 bits per heavy atom. The van der Waals surface area contributed by atoms with E-state index in [1.165, 1.54) is 29.7 Å². The van der Waals surface area contributed by atoms with Gasteiger partial charge < -0.3 is 9.64 Å². The number of anilines is 1. The summed E-state index contributed by atoms with van der Waals surface area (Å²) in [6.45, 7) is 3.01. The Balaban J connectivity index is 1.67. The van der Waals surface area contributed by atoms with Gasteiger partial charge in [0.2, 0.25) is 0 Å². The molecular weight excluding hydrogens is 258 g/mol. The molecule has 2 aliphatic heterocycles. The van der Waals surface area contributed by atoms with Gasteiger partial charge in [0.25, 0.3) is 0 Å². The van der Waals surface area contributed by atoms with Gasteiger partial charge >= 0.3 is 0 Å². The van der Waals surface area contributed by atoms with E-state index in [0.29, 0.717) is 12.0 Å². The third-order valence-corrected chi connectivity index (χ3v) is 4.70. The van der Waals surface area contributed by atoms with Crippen molar-refractivity contribution in [2.75, 3.05) is 18.1 Å². The van der Waals surface area contributed by atoms with Crippen LogP contribution in [0.15, 0.2) is 54.6 Å². The van der Waals surface area contributed by atoms with Gasteiger partial charge in [-0.3, -0.25) is 0 Å². The highest BCUT2D eigenvalue weighted by Crippen LogP contribution is 2.43. The van der Waals surface area contributed by atoms with Gasteiger partial charge in [-0.2, -0.15) is 0 Å². The average molecular weight is 279 g/mol. The molecule has 2 heterocycles. The van der Waals surface area contributed by atoms with E-state index in [-0.39, 0.29) is 0 Å². The molecule has 108 valence electrons. The van der Waals surface area contributed by atoms with Gasteiger partial charge in [0, 0.05) is 36.9 Å². The maximum Gasteiger partial charge on any atom is 0.0889 e. The molecule has 2 nitrogen and oxygen atoms in total. The van der Waals surface area contributed by atoms with Crippen LogP contribution in [0.25, 0.3) is 0 Å². The Labute approximate surface area is 126 Å². The van der Waals surface area contributed by atoms with E-state index in [1.807, 2.05) is 0 Å². The zero-order chi connectivity index (χ0) is 14.1. The van der Waals surface area contributed by atoms with Gasteiger partial charge in [-0.05, 0) is 24.5 Å². The van der Waals surface area contributed by atoms with Gasteiger partial charge in [-0.1, -0.05) is 48.5 Å². The highest BCUT2D eigenvalue weighted by molar-refractivity contribution is 5.57. The molecule has 1 fully saturated rings. The molecule has 2 unspecified atom stereocenters. The Bertz CT molecular complexity index is 610. The molecule has 2 heteroatoms. The number of benzene rings is 2. The molecule has 1 saturated heterocycles. The Morgan fingerprint density at radius 1 is 1.00 bits per heavy atom. The van der Waals surface area contributed by atoms with Crippen molar-refractivity contribution in [1.29, 1.82) is 0 Å². The fraction of sp³-hybridized carbons (Fsp3) is 0.368. The van der Waals surface area contributed by atoms with E-state index < -0.39 is 0 Å². The molecule has 4 rings (SSSR count). The third-order valence-electron chi connectivity index (χ3n) is 4.70. The maximum atomic E-state index is 6.08. The normalized spacial score (nSPS) is 24.3. The van der Waals surface area contributed by atoms with Crippen LogP contribution in [0.1, 0.15) is 30.1 Å². The summed E-state index contributed by atoms with van der Waals surface area (Å²) >= 11 is 0. The van der Waals surface area contributed by atoms with Gasteiger partial charge in [-0.25, -0.2) is 0 Å². The minimum absolute atomic E-state index is 0.307. The van der Waals surface area contributed by atoms with Gasteiger partial charge in [0.05, 0.1) is 6.10 Å². The van der Waals surface area contributed by atoms with Gasteiger partial charge in [0.1, 0.15) is 0 Å². The summed E-state index contributed by atoms with van der Waals surface area (Å²) in [6, 6.07) is 19.5. The van der Waals surface area contributed by atoms with Crippen LogP contribution in [-0.4, -0.2) is 13.2 Å². The number of nitrogens with zero attached hydrogens (tertiary/aromatic N) is 1. The summed E-state index contributed by atoms with van der Waals surface area (Å²) in [5.74, 6) is 0.636. The lowest BCUT2D eigenvalue weighted by Gasteiger charge is -2.43. The van der Waals surface area contributed by atoms with Crippen molar-refractivity contribution in [1.82, 2.24) is 0 Å². The van der Waals surface area contributed by atoms with Crippen molar-refractivity contribution in [2.45, 2.75) is 25.5 Å². The van der Waals surface area contributed by atoms with Gasteiger partial charge in [-0.15, -0.1) is 0 Å². The zero-order valence-corrected chi connectivity index (χ0v) is 12.2. The lowest BCUT2D eigenvalue weighted by molar-refractivity contribution is -0.0293. The van der Waals surface area contributed by atoms with E-state index in [1.54, 1.807) is 0 Å². The van der Waals surface area contributed by atoms with Crippen LogP contribution in [-0.2, 0) is 11.3 Å². The Morgan fingerprint density at radius 2 is 1.81 bits per heavy atom. The molecule has 0 bridgehead atoms. The first-order valence-electron chi connectivity index (χ1n) is 7.91. The van der Waals surface area contributed by atoms with Crippen molar-refractivity contribution in [3.8, 4) is 0 Å². The number of hydrogen-bond acceptors (Lipinski definition) is 2. The first kappa shape index (κ1) is 12.9. The van der Waals surface area contributed by atoms with Crippen LogP contribution >= 0.6 is 0 Å². The van der Waals surface area contributed by atoms with E-state index in [0.717, 1.165) is 19.7 Å². The zero-order valence-electron chi connectivity index (χ0n) is 12.2. The molecule has 2 aromatic carbocycles. The predicted octanol–water partition coefficient (Wildman–Crippen LogP) is 4.17. The lowest BCUT2D eigenvalue weighted by atomic mass is 9.84. The number of fused-ring (bicyclic) bond motifs is 3. The molecule has 2 aromatic rings. The minimum Gasteiger partial charge on any atom is -0.373 e. The Kier molecular flexibility index (Phi) is 3.40. The molecule has 2 atom stereocenters. The summed E-state index contributed by atoms with van der Waals surface area (Å²) in [5.41, 5.74) is 4.11. The van der Waals surface area contributed by atoms with Crippen LogP contribution in [0.2, 0.25) is 0 Å². The van der Waals surface area contributed by atoms with Crippen LogP contribution in [0.5, 0.6) is 0 Å². The molecule has 21 heavy (non-hydrogen) atoms. The third kappa shape index (κ3) is 2.44. The first-order valence-corrected chi connectivity index (χ1v) is 7.91. The molecule has 0 N–H and O–H groups in total. The van der Waals surface area contributed by atoms with Crippen molar-refractivity contribution in [3.05, 3.63) is 65.7 Å². The van der Waals surface area contributed by atoms with Crippen LogP contribution < -0.4 is 4.90 Å². The Hall–Kier alpha value is -1.80. The van der Waals surface area contributed by atoms with Crippen molar-refractivity contribution in [3.63, 3.8) is 0 Å². The summed E-state index contributed by atoms with van der Waals surface area (Å²) in [4.78, 5) is 2.53. The molecule has 0 spiro atoms. The van der Waals surface area contributed by atoms with Crippen molar-refractivity contribution >= 4 is 5.69 Å². The highest BCUT2D eigenvalue weighted by Gasteiger charge is 2.35. The molecular formula is C19H21NO. The summed E-state index contributed by atoms with van der Waals surface area (Å²) in [6.07, 6.45) is 2.79. The van der Waals surface area contributed by atoms with E-state index in [4.69, 9.17) is 4.74 Å².